The predicted molar refractivity (Wildman–Crippen MR) is 72.6 cm³/mol. The number of rotatable bonds is 5. The average Bonchev–Trinajstić information content (AvgIpc) is 2.36. The van der Waals surface area contributed by atoms with Crippen LogP contribution in [0, 0.1) is 17.2 Å². The van der Waals surface area contributed by atoms with E-state index >= 15 is 0 Å². The van der Waals surface area contributed by atoms with E-state index in [2.05, 4.69) is 21.4 Å². The molecular weight excluding hydrogens is 264 g/mol. The molecular formula is C12H16N4O2S. The van der Waals surface area contributed by atoms with Gasteiger partial charge in [0.05, 0.1) is 11.8 Å². The Labute approximate surface area is 115 Å². The van der Waals surface area contributed by atoms with Crippen molar-refractivity contribution >= 4 is 17.7 Å². The van der Waals surface area contributed by atoms with E-state index in [1.54, 1.807) is 6.92 Å². The lowest BCUT2D eigenvalue weighted by Gasteiger charge is -2.27. The third-order valence-electron chi connectivity index (χ3n) is 2.77. The van der Waals surface area contributed by atoms with E-state index in [-0.39, 0.29) is 23.1 Å². The molecule has 19 heavy (non-hydrogen) atoms. The number of nitrogens with zero attached hydrogens (tertiary/aromatic N) is 2. The van der Waals surface area contributed by atoms with Crippen LogP contribution in [-0.4, -0.2) is 27.2 Å². The van der Waals surface area contributed by atoms with Gasteiger partial charge in [0, 0.05) is 12.3 Å². The van der Waals surface area contributed by atoms with E-state index in [1.165, 1.54) is 12.3 Å². The number of hydrogen-bond donors (Lipinski definition) is 2. The molecule has 0 spiro atoms. The molecule has 0 fully saturated rings. The predicted octanol–water partition coefficient (Wildman–Crippen LogP) is 0.916. The largest absolute Gasteiger partial charge is 0.337 e. The number of nitrogens with one attached hydrogen (secondary N) is 2. The summed E-state index contributed by atoms with van der Waals surface area (Å²) < 4.78 is 0. The fraction of sp³-hybridized carbons (Fsp3) is 0.500. The van der Waals surface area contributed by atoms with E-state index < -0.39 is 5.54 Å². The smallest absolute Gasteiger partial charge is 0.251 e. The molecule has 1 aromatic heterocycles. The van der Waals surface area contributed by atoms with E-state index in [0.717, 1.165) is 11.8 Å². The highest BCUT2D eigenvalue weighted by atomic mass is 32.2. The maximum Gasteiger partial charge on any atom is 0.251 e. The molecule has 0 saturated carbocycles. The molecule has 0 unspecified atom stereocenters. The number of nitriles is 1. The minimum Gasteiger partial charge on any atom is -0.337 e. The summed E-state index contributed by atoms with van der Waals surface area (Å²) in [6.45, 7) is 5.42. The van der Waals surface area contributed by atoms with Crippen molar-refractivity contribution < 1.29 is 4.79 Å². The Balaban J connectivity index is 2.58. The third-order valence-corrected chi connectivity index (χ3v) is 3.66. The van der Waals surface area contributed by atoms with E-state index in [1.807, 2.05) is 13.8 Å². The third kappa shape index (κ3) is 4.41. The maximum absolute atomic E-state index is 11.8. The summed E-state index contributed by atoms with van der Waals surface area (Å²) in [5, 5.41) is 12.2. The minimum absolute atomic E-state index is 0.00103. The molecule has 7 heteroatoms. The normalized spacial score (nSPS) is 13.6. The van der Waals surface area contributed by atoms with Gasteiger partial charge in [0.2, 0.25) is 5.91 Å². The van der Waals surface area contributed by atoms with Crippen LogP contribution in [0.1, 0.15) is 20.8 Å². The zero-order valence-corrected chi connectivity index (χ0v) is 11.9. The van der Waals surface area contributed by atoms with Gasteiger partial charge in [-0.15, -0.1) is 0 Å². The van der Waals surface area contributed by atoms with E-state index in [0.29, 0.717) is 5.16 Å². The molecule has 1 amide bonds. The van der Waals surface area contributed by atoms with Crippen molar-refractivity contribution in [3.05, 3.63) is 22.6 Å². The van der Waals surface area contributed by atoms with Crippen molar-refractivity contribution in [2.24, 2.45) is 5.92 Å². The second-order valence-electron chi connectivity index (χ2n) is 4.54. The summed E-state index contributed by atoms with van der Waals surface area (Å²) in [6.07, 6.45) is 1.38. The molecule has 102 valence electrons. The first-order chi connectivity index (χ1) is 8.87. The molecule has 1 rings (SSSR count). The van der Waals surface area contributed by atoms with Gasteiger partial charge in [0.1, 0.15) is 5.54 Å². The summed E-state index contributed by atoms with van der Waals surface area (Å²) >= 11 is 1.12. The number of aromatic amines is 1. The molecule has 0 aliphatic carbocycles. The van der Waals surface area contributed by atoms with Crippen molar-refractivity contribution in [2.45, 2.75) is 31.5 Å². The molecule has 2 N–H and O–H groups in total. The Bertz CT molecular complexity index is 549. The fourth-order valence-electron chi connectivity index (χ4n) is 1.19. The van der Waals surface area contributed by atoms with Gasteiger partial charge in [-0.2, -0.15) is 5.26 Å². The van der Waals surface area contributed by atoms with Crippen LogP contribution in [0.5, 0.6) is 0 Å². The molecule has 0 aliphatic rings. The van der Waals surface area contributed by atoms with Gasteiger partial charge in [-0.25, -0.2) is 4.98 Å². The van der Waals surface area contributed by atoms with Crippen molar-refractivity contribution in [3.63, 3.8) is 0 Å². The number of carbonyl (C=O) groups excluding carboxylic acids is 1. The van der Waals surface area contributed by atoms with Gasteiger partial charge in [-0.05, 0) is 12.8 Å². The van der Waals surface area contributed by atoms with Gasteiger partial charge in [-0.1, -0.05) is 25.6 Å². The highest BCUT2D eigenvalue weighted by molar-refractivity contribution is 7.99. The Kier molecular flexibility index (Phi) is 5.12. The quantitative estimate of drug-likeness (QED) is 0.617. The van der Waals surface area contributed by atoms with Gasteiger partial charge < -0.3 is 10.3 Å². The lowest BCUT2D eigenvalue weighted by atomic mass is 9.90. The topological polar surface area (TPSA) is 98.6 Å². The second kappa shape index (κ2) is 6.38. The fourth-order valence-corrected chi connectivity index (χ4v) is 1.83. The lowest BCUT2D eigenvalue weighted by Crippen LogP contribution is -2.49. The molecule has 1 aromatic rings. The van der Waals surface area contributed by atoms with Crippen molar-refractivity contribution in [1.29, 1.82) is 5.26 Å². The first-order valence-electron chi connectivity index (χ1n) is 5.78. The highest BCUT2D eigenvalue weighted by Gasteiger charge is 2.29. The standard InChI is InChI=1S/C12H16N4O2S/c1-8(2)12(3,7-13)16-10(18)6-19-11-14-5-4-9(17)15-11/h4-5,8H,6H2,1-3H3,(H,16,18)(H,14,15,17)/t12-/m1/s1. The zero-order valence-electron chi connectivity index (χ0n) is 11.1. The van der Waals surface area contributed by atoms with E-state index in [4.69, 9.17) is 5.26 Å². The molecule has 1 heterocycles. The SMILES string of the molecule is CC(C)[C@@](C)(C#N)NC(=O)CSc1nccc(=O)[nH]1. The van der Waals surface area contributed by atoms with Crippen molar-refractivity contribution in [2.75, 3.05) is 5.75 Å². The van der Waals surface area contributed by atoms with Crippen molar-refractivity contribution in [1.82, 2.24) is 15.3 Å². The van der Waals surface area contributed by atoms with Crippen LogP contribution in [0.3, 0.4) is 0 Å². The Morgan fingerprint density at radius 3 is 2.89 bits per heavy atom. The summed E-state index contributed by atoms with van der Waals surface area (Å²) in [5.41, 5.74) is -1.16. The van der Waals surface area contributed by atoms with Crippen LogP contribution in [0.4, 0.5) is 0 Å². The summed E-state index contributed by atoms with van der Waals surface area (Å²) in [7, 11) is 0. The van der Waals surface area contributed by atoms with Crippen LogP contribution in [0.25, 0.3) is 0 Å². The van der Waals surface area contributed by atoms with Crippen LogP contribution in [0.2, 0.25) is 0 Å². The monoisotopic (exact) mass is 280 g/mol. The lowest BCUT2D eigenvalue weighted by molar-refractivity contribution is -0.120. The number of carbonyl (C=O) groups is 1. The number of thioether (sulfide) groups is 1. The van der Waals surface area contributed by atoms with Crippen molar-refractivity contribution in [3.8, 4) is 6.07 Å². The molecule has 0 bridgehead atoms. The van der Waals surface area contributed by atoms with Gasteiger partial charge in [-0.3, -0.25) is 9.59 Å². The maximum atomic E-state index is 11.8. The van der Waals surface area contributed by atoms with Crippen LogP contribution >= 0.6 is 11.8 Å². The molecule has 0 aromatic carbocycles. The number of H-pyrrole nitrogens is 1. The van der Waals surface area contributed by atoms with Gasteiger partial charge in [0.25, 0.3) is 5.56 Å². The Morgan fingerprint density at radius 1 is 1.68 bits per heavy atom. The number of aromatic nitrogens is 2. The highest BCUT2D eigenvalue weighted by Crippen LogP contribution is 2.16. The van der Waals surface area contributed by atoms with Gasteiger partial charge in [0.15, 0.2) is 5.16 Å². The number of hydrogen-bond acceptors (Lipinski definition) is 5. The number of amides is 1. The minimum atomic E-state index is -0.894. The molecule has 6 nitrogen and oxygen atoms in total. The van der Waals surface area contributed by atoms with E-state index in [9.17, 15) is 9.59 Å². The Morgan fingerprint density at radius 2 is 2.37 bits per heavy atom. The summed E-state index contributed by atoms with van der Waals surface area (Å²) in [4.78, 5) is 29.3. The first kappa shape index (κ1) is 15.2. The summed E-state index contributed by atoms with van der Waals surface area (Å²) in [6, 6.07) is 3.40. The van der Waals surface area contributed by atoms with Crippen LogP contribution in [-0.2, 0) is 4.79 Å². The molecule has 1 atom stereocenters. The Hall–Kier alpha value is -1.81. The first-order valence-corrected chi connectivity index (χ1v) is 6.76. The van der Waals surface area contributed by atoms with Crippen LogP contribution < -0.4 is 10.9 Å². The summed E-state index contributed by atoms with van der Waals surface area (Å²) in [5.74, 6) is -0.174. The molecule has 0 aliphatic heterocycles. The van der Waals surface area contributed by atoms with Gasteiger partial charge >= 0.3 is 0 Å². The zero-order chi connectivity index (χ0) is 14.5. The average molecular weight is 280 g/mol. The second-order valence-corrected chi connectivity index (χ2v) is 5.51. The molecule has 0 saturated heterocycles. The van der Waals surface area contributed by atoms with Crippen LogP contribution in [0.15, 0.2) is 22.2 Å². The molecule has 0 radical (unpaired) electrons.